The van der Waals surface area contributed by atoms with Crippen LogP contribution in [0.1, 0.15) is 11.1 Å². The molecule has 3 aromatic rings. The third-order valence-electron chi connectivity index (χ3n) is 4.13. The molecule has 2 N–H and O–H groups in total. The molecule has 0 aliphatic heterocycles. The molecule has 0 unspecified atom stereocenters. The summed E-state index contributed by atoms with van der Waals surface area (Å²) in [7, 11) is 1.60. The van der Waals surface area contributed by atoms with Crippen LogP contribution >= 0.6 is 11.8 Å². The number of nitrogens with zero attached hydrogens (tertiary/aromatic N) is 2. The van der Waals surface area contributed by atoms with E-state index in [1.54, 1.807) is 13.3 Å². The van der Waals surface area contributed by atoms with Crippen molar-refractivity contribution in [3.63, 3.8) is 0 Å². The van der Waals surface area contributed by atoms with Crippen molar-refractivity contribution in [1.82, 2.24) is 0 Å². The van der Waals surface area contributed by atoms with Gasteiger partial charge in [-0.15, -0.1) is 5.10 Å². The lowest BCUT2D eigenvalue weighted by Gasteiger charge is -2.12. The summed E-state index contributed by atoms with van der Waals surface area (Å²) in [5.74, 6) is 2.81. The Morgan fingerprint density at radius 2 is 1.61 bits per heavy atom. The van der Waals surface area contributed by atoms with Crippen LogP contribution in [-0.4, -0.2) is 31.7 Å². The molecular weight excluding hydrogens is 410 g/mol. The molecule has 160 valence electrons. The normalized spacial score (nSPS) is 11.5. The molecule has 0 heterocycles. The van der Waals surface area contributed by atoms with Gasteiger partial charge in [0.2, 0.25) is 0 Å². The predicted octanol–water partition coefficient (Wildman–Crippen LogP) is 4.74. The Labute approximate surface area is 186 Å². The maximum atomic E-state index is 5.92. The summed E-state index contributed by atoms with van der Waals surface area (Å²) in [4.78, 5) is 0. The molecule has 0 fully saturated rings. The number of hydrogen-bond acceptors (Lipinski definition) is 6. The van der Waals surface area contributed by atoms with Gasteiger partial charge in [0.15, 0.2) is 16.7 Å². The van der Waals surface area contributed by atoms with E-state index in [0.717, 1.165) is 17.1 Å². The number of rotatable bonds is 10. The molecule has 7 heteroatoms. The van der Waals surface area contributed by atoms with Gasteiger partial charge in [-0.05, 0) is 41.5 Å². The third kappa shape index (κ3) is 7.71. The minimum Gasteiger partial charge on any atom is -0.493 e. The predicted molar refractivity (Wildman–Crippen MR) is 127 cm³/mol. The summed E-state index contributed by atoms with van der Waals surface area (Å²) in [5, 5.41) is 8.52. The molecule has 0 amide bonds. The fraction of sp³-hybridized carbons (Fsp3) is 0.167. The molecule has 0 bridgehead atoms. The maximum absolute atomic E-state index is 5.92. The Morgan fingerprint density at radius 1 is 0.903 bits per heavy atom. The SMILES string of the molecule is COc1cc(C=NN=C(N)SCc2ccccc2)ccc1OCCOc1ccccc1. The lowest BCUT2D eigenvalue weighted by Crippen LogP contribution is -2.09. The topological polar surface area (TPSA) is 78.4 Å². The number of methoxy groups -OCH3 is 1. The van der Waals surface area contributed by atoms with Crippen molar-refractivity contribution in [3.05, 3.63) is 90.0 Å². The van der Waals surface area contributed by atoms with Gasteiger partial charge in [0, 0.05) is 5.75 Å². The van der Waals surface area contributed by atoms with Crippen molar-refractivity contribution in [1.29, 1.82) is 0 Å². The molecule has 3 rings (SSSR count). The first kappa shape index (κ1) is 22.2. The van der Waals surface area contributed by atoms with E-state index in [-0.39, 0.29) is 0 Å². The minimum absolute atomic E-state index is 0.401. The van der Waals surface area contributed by atoms with Crippen molar-refractivity contribution in [2.24, 2.45) is 15.9 Å². The van der Waals surface area contributed by atoms with E-state index >= 15 is 0 Å². The zero-order valence-corrected chi connectivity index (χ0v) is 18.1. The molecule has 0 aliphatic carbocycles. The Morgan fingerprint density at radius 3 is 2.35 bits per heavy atom. The molecule has 0 spiro atoms. The highest BCUT2D eigenvalue weighted by Gasteiger charge is 2.05. The maximum Gasteiger partial charge on any atom is 0.180 e. The smallest absolute Gasteiger partial charge is 0.180 e. The fourth-order valence-electron chi connectivity index (χ4n) is 2.62. The zero-order valence-electron chi connectivity index (χ0n) is 17.3. The molecular formula is C24H25N3O3S. The zero-order chi connectivity index (χ0) is 21.7. The lowest BCUT2D eigenvalue weighted by molar-refractivity contribution is 0.211. The van der Waals surface area contributed by atoms with Crippen LogP contribution in [0.4, 0.5) is 0 Å². The van der Waals surface area contributed by atoms with E-state index in [1.165, 1.54) is 17.3 Å². The average molecular weight is 436 g/mol. The number of thioether (sulfide) groups is 1. The van der Waals surface area contributed by atoms with Crippen molar-refractivity contribution in [2.45, 2.75) is 5.75 Å². The van der Waals surface area contributed by atoms with E-state index in [4.69, 9.17) is 19.9 Å². The second-order valence-electron chi connectivity index (χ2n) is 6.38. The lowest BCUT2D eigenvalue weighted by atomic mass is 10.2. The largest absolute Gasteiger partial charge is 0.493 e. The Balaban J connectivity index is 1.49. The van der Waals surface area contributed by atoms with Crippen molar-refractivity contribution >= 4 is 23.1 Å². The van der Waals surface area contributed by atoms with Gasteiger partial charge in [0.05, 0.1) is 13.3 Å². The third-order valence-corrected chi connectivity index (χ3v) is 4.99. The van der Waals surface area contributed by atoms with Crippen molar-refractivity contribution < 1.29 is 14.2 Å². The molecule has 0 aliphatic rings. The first-order valence-corrected chi connectivity index (χ1v) is 10.7. The Bertz CT molecular complexity index is 995. The van der Waals surface area contributed by atoms with Crippen LogP contribution in [0.15, 0.2) is 89.1 Å². The second kappa shape index (κ2) is 12.3. The van der Waals surface area contributed by atoms with Gasteiger partial charge in [0.25, 0.3) is 0 Å². The van der Waals surface area contributed by atoms with E-state index in [9.17, 15) is 0 Å². The average Bonchev–Trinajstić information content (AvgIpc) is 2.82. The van der Waals surface area contributed by atoms with E-state index in [0.29, 0.717) is 29.9 Å². The number of ether oxygens (including phenoxy) is 3. The number of amidine groups is 1. The van der Waals surface area contributed by atoms with Gasteiger partial charge in [0.1, 0.15) is 19.0 Å². The molecule has 31 heavy (non-hydrogen) atoms. The molecule has 0 saturated heterocycles. The Hall–Kier alpha value is -3.45. The van der Waals surface area contributed by atoms with E-state index in [2.05, 4.69) is 10.2 Å². The Kier molecular flexibility index (Phi) is 8.82. The molecule has 0 aromatic heterocycles. The number of benzene rings is 3. The summed E-state index contributed by atoms with van der Waals surface area (Å²) < 4.78 is 16.8. The van der Waals surface area contributed by atoms with Gasteiger partial charge >= 0.3 is 0 Å². The molecule has 6 nitrogen and oxygen atoms in total. The van der Waals surface area contributed by atoms with Crippen LogP contribution in [0.5, 0.6) is 17.2 Å². The van der Waals surface area contributed by atoms with Crippen LogP contribution in [0.3, 0.4) is 0 Å². The van der Waals surface area contributed by atoms with Crippen LogP contribution in [0.2, 0.25) is 0 Å². The number of para-hydroxylation sites is 1. The van der Waals surface area contributed by atoms with Gasteiger partial charge in [-0.3, -0.25) is 0 Å². The van der Waals surface area contributed by atoms with Gasteiger partial charge in [-0.2, -0.15) is 5.10 Å². The standard InChI is InChI=1S/C24H25N3O3S/c1-28-23-16-20(17-26-27-24(25)31-18-19-8-4-2-5-9-19)12-13-22(23)30-15-14-29-21-10-6-3-7-11-21/h2-13,16-17H,14-15,18H2,1H3,(H2,25,27). The minimum atomic E-state index is 0.401. The first-order valence-electron chi connectivity index (χ1n) is 9.76. The summed E-state index contributed by atoms with van der Waals surface area (Å²) in [6, 6.07) is 25.2. The van der Waals surface area contributed by atoms with Crippen LogP contribution < -0.4 is 19.9 Å². The second-order valence-corrected chi connectivity index (χ2v) is 7.37. The van der Waals surface area contributed by atoms with Gasteiger partial charge < -0.3 is 19.9 Å². The van der Waals surface area contributed by atoms with Crippen LogP contribution in [0.25, 0.3) is 0 Å². The number of nitrogens with two attached hydrogens (primary N) is 1. The summed E-state index contributed by atoms with van der Waals surface area (Å²) in [5.41, 5.74) is 7.93. The number of hydrogen-bond donors (Lipinski definition) is 1. The van der Waals surface area contributed by atoms with Crippen LogP contribution in [-0.2, 0) is 5.75 Å². The highest BCUT2D eigenvalue weighted by atomic mass is 32.2. The van der Waals surface area contributed by atoms with E-state index < -0.39 is 0 Å². The molecule has 0 radical (unpaired) electrons. The highest BCUT2D eigenvalue weighted by Crippen LogP contribution is 2.27. The van der Waals surface area contributed by atoms with Crippen LogP contribution in [0, 0.1) is 0 Å². The van der Waals surface area contributed by atoms with Gasteiger partial charge in [-0.25, -0.2) is 0 Å². The van der Waals surface area contributed by atoms with Crippen molar-refractivity contribution in [2.75, 3.05) is 20.3 Å². The highest BCUT2D eigenvalue weighted by molar-refractivity contribution is 8.13. The quantitative estimate of drug-likeness (QED) is 0.215. The monoisotopic (exact) mass is 435 g/mol. The fourth-order valence-corrected chi connectivity index (χ4v) is 3.24. The summed E-state index contributed by atoms with van der Waals surface area (Å²) >= 11 is 1.44. The molecule has 3 aromatic carbocycles. The molecule has 0 atom stereocenters. The first-order chi connectivity index (χ1) is 15.2. The summed E-state index contributed by atoms with van der Waals surface area (Å²) in [6.45, 7) is 0.836. The van der Waals surface area contributed by atoms with Gasteiger partial charge in [-0.1, -0.05) is 60.3 Å². The van der Waals surface area contributed by atoms with Crippen molar-refractivity contribution in [3.8, 4) is 17.2 Å². The van der Waals surface area contributed by atoms with E-state index in [1.807, 2.05) is 78.9 Å². The summed E-state index contributed by atoms with van der Waals surface area (Å²) in [6.07, 6.45) is 1.63. The molecule has 0 saturated carbocycles.